The van der Waals surface area contributed by atoms with E-state index in [9.17, 15) is 4.39 Å². The van der Waals surface area contributed by atoms with Gasteiger partial charge in [0.15, 0.2) is 0 Å². The summed E-state index contributed by atoms with van der Waals surface area (Å²) in [6, 6.07) is 4.49. The average molecular weight is 322 g/mol. The molecule has 0 saturated carbocycles. The van der Waals surface area contributed by atoms with Crippen molar-refractivity contribution < 1.29 is 4.39 Å². The second kappa shape index (κ2) is 5.12. The Balaban J connectivity index is 2.07. The Morgan fingerprint density at radius 3 is 3.00 bits per heavy atom. The zero-order valence-electron chi connectivity index (χ0n) is 8.01. The third-order valence-corrected chi connectivity index (χ3v) is 3.69. The van der Waals surface area contributed by atoms with Gasteiger partial charge < -0.3 is 5.32 Å². The highest BCUT2D eigenvalue weighted by molar-refractivity contribution is 9.10. The van der Waals surface area contributed by atoms with Gasteiger partial charge in [0.1, 0.15) is 15.2 Å². The van der Waals surface area contributed by atoms with Gasteiger partial charge in [-0.1, -0.05) is 11.6 Å². The van der Waals surface area contributed by atoms with Gasteiger partial charge in [-0.25, -0.2) is 9.37 Å². The molecule has 1 aromatic heterocycles. The Hall–Kier alpha value is -0.650. The summed E-state index contributed by atoms with van der Waals surface area (Å²) >= 11 is 10.5. The number of hydrogen-bond donors (Lipinski definition) is 1. The van der Waals surface area contributed by atoms with Crippen LogP contribution in [-0.4, -0.2) is 4.98 Å². The molecule has 0 bridgehead atoms. The lowest BCUT2D eigenvalue weighted by atomic mass is 10.3. The minimum absolute atomic E-state index is 0.275. The van der Waals surface area contributed by atoms with E-state index in [1.54, 1.807) is 12.3 Å². The topological polar surface area (TPSA) is 24.9 Å². The van der Waals surface area contributed by atoms with Crippen molar-refractivity contribution in [3.63, 3.8) is 0 Å². The molecule has 6 heteroatoms. The summed E-state index contributed by atoms with van der Waals surface area (Å²) in [6.45, 7) is 0.527. The van der Waals surface area contributed by atoms with E-state index in [-0.39, 0.29) is 5.82 Å². The van der Waals surface area contributed by atoms with Gasteiger partial charge in [-0.3, -0.25) is 0 Å². The molecule has 0 aliphatic rings. The Labute approximate surface area is 110 Å². The van der Waals surface area contributed by atoms with Gasteiger partial charge in [0.05, 0.1) is 18.4 Å². The lowest BCUT2D eigenvalue weighted by Gasteiger charge is -2.06. The molecule has 0 unspecified atom stereocenters. The number of nitrogens with one attached hydrogen (secondary N) is 1. The SMILES string of the molecule is Fc1ccc(Br)c(NCc2ncc(Cl)s2)c1. The fourth-order valence-corrected chi connectivity index (χ4v) is 2.46. The standard InChI is InChI=1S/C10H7BrClFN2S/c11-7-2-1-6(13)3-8(7)14-5-10-15-4-9(12)16-10/h1-4,14H,5H2. The van der Waals surface area contributed by atoms with E-state index < -0.39 is 0 Å². The van der Waals surface area contributed by atoms with Crippen LogP contribution in [0.4, 0.5) is 10.1 Å². The van der Waals surface area contributed by atoms with Crippen LogP contribution in [0.1, 0.15) is 5.01 Å². The Morgan fingerprint density at radius 1 is 1.50 bits per heavy atom. The predicted octanol–water partition coefficient (Wildman–Crippen LogP) is 4.31. The molecule has 0 aliphatic heterocycles. The Morgan fingerprint density at radius 2 is 2.31 bits per heavy atom. The maximum absolute atomic E-state index is 13.0. The lowest BCUT2D eigenvalue weighted by molar-refractivity contribution is 0.628. The second-order valence-corrected chi connectivity index (χ2v) is 5.64. The minimum Gasteiger partial charge on any atom is -0.378 e. The fourth-order valence-electron chi connectivity index (χ4n) is 1.17. The molecule has 0 saturated heterocycles. The molecule has 16 heavy (non-hydrogen) atoms. The van der Waals surface area contributed by atoms with Gasteiger partial charge in [0, 0.05) is 4.47 Å². The van der Waals surface area contributed by atoms with Crippen LogP contribution in [0.2, 0.25) is 4.34 Å². The first-order chi connectivity index (χ1) is 7.65. The van der Waals surface area contributed by atoms with E-state index in [4.69, 9.17) is 11.6 Å². The summed E-state index contributed by atoms with van der Waals surface area (Å²) in [5.74, 6) is -0.275. The number of hydrogen-bond acceptors (Lipinski definition) is 3. The van der Waals surface area contributed by atoms with Crippen LogP contribution < -0.4 is 5.32 Å². The van der Waals surface area contributed by atoms with Crippen molar-refractivity contribution in [2.24, 2.45) is 0 Å². The van der Waals surface area contributed by atoms with Crippen molar-refractivity contribution in [3.05, 3.63) is 44.0 Å². The van der Waals surface area contributed by atoms with Gasteiger partial charge in [0.25, 0.3) is 0 Å². The summed E-state index contributed by atoms with van der Waals surface area (Å²) in [4.78, 5) is 4.10. The molecule has 1 heterocycles. The molecule has 0 fully saturated rings. The molecule has 1 aromatic carbocycles. The van der Waals surface area contributed by atoms with Crippen LogP contribution >= 0.6 is 38.9 Å². The first-order valence-corrected chi connectivity index (χ1v) is 6.43. The fraction of sp³-hybridized carbons (Fsp3) is 0.100. The quantitative estimate of drug-likeness (QED) is 0.911. The van der Waals surface area contributed by atoms with Crippen molar-refractivity contribution in [2.45, 2.75) is 6.54 Å². The molecule has 0 aliphatic carbocycles. The zero-order valence-corrected chi connectivity index (χ0v) is 11.2. The molecule has 0 spiro atoms. The summed E-state index contributed by atoms with van der Waals surface area (Å²) in [5, 5.41) is 3.95. The van der Waals surface area contributed by atoms with Gasteiger partial charge in [-0.15, -0.1) is 11.3 Å². The summed E-state index contributed by atoms with van der Waals surface area (Å²) in [6.07, 6.45) is 1.60. The number of nitrogens with zero attached hydrogens (tertiary/aromatic N) is 1. The smallest absolute Gasteiger partial charge is 0.125 e. The first kappa shape index (κ1) is 11.8. The van der Waals surface area contributed by atoms with Gasteiger partial charge >= 0.3 is 0 Å². The maximum Gasteiger partial charge on any atom is 0.125 e. The van der Waals surface area contributed by atoms with E-state index in [0.717, 1.165) is 9.48 Å². The number of rotatable bonds is 3. The van der Waals surface area contributed by atoms with Crippen LogP contribution in [0.25, 0.3) is 0 Å². The highest BCUT2D eigenvalue weighted by atomic mass is 79.9. The van der Waals surface area contributed by atoms with Crippen molar-refractivity contribution in [1.29, 1.82) is 0 Å². The lowest BCUT2D eigenvalue weighted by Crippen LogP contribution is -1.99. The maximum atomic E-state index is 13.0. The Kier molecular flexibility index (Phi) is 3.78. The second-order valence-electron chi connectivity index (χ2n) is 3.04. The van der Waals surface area contributed by atoms with Crippen LogP contribution in [0, 0.1) is 5.82 Å². The molecule has 1 N–H and O–H groups in total. The molecule has 2 rings (SSSR count). The molecule has 0 atom stereocenters. The minimum atomic E-state index is -0.275. The van der Waals surface area contributed by atoms with E-state index in [1.807, 2.05) is 0 Å². The van der Waals surface area contributed by atoms with Crippen LogP contribution in [-0.2, 0) is 6.54 Å². The first-order valence-electron chi connectivity index (χ1n) is 4.44. The van der Waals surface area contributed by atoms with E-state index in [1.165, 1.54) is 23.5 Å². The molecule has 84 valence electrons. The monoisotopic (exact) mass is 320 g/mol. The number of anilines is 1. The highest BCUT2D eigenvalue weighted by Crippen LogP contribution is 2.25. The number of benzene rings is 1. The van der Waals surface area contributed by atoms with Crippen molar-refractivity contribution in [3.8, 4) is 0 Å². The van der Waals surface area contributed by atoms with Crippen molar-refractivity contribution in [2.75, 3.05) is 5.32 Å². The molecule has 0 amide bonds. The van der Waals surface area contributed by atoms with Gasteiger partial charge in [-0.2, -0.15) is 0 Å². The van der Waals surface area contributed by atoms with Crippen LogP contribution in [0.5, 0.6) is 0 Å². The van der Waals surface area contributed by atoms with Crippen molar-refractivity contribution in [1.82, 2.24) is 4.98 Å². The van der Waals surface area contributed by atoms with Crippen LogP contribution in [0.3, 0.4) is 0 Å². The zero-order chi connectivity index (χ0) is 11.5. The largest absolute Gasteiger partial charge is 0.378 e. The van der Waals surface area contributed by atoms with E-state index in [2.05, 4.69) is 26.2 Å². The molecular formula is C10H7BrClFN2S. The summed E-state index contributed by atoms with van der Waals surface area (Å²) in [7, 11) is 0. The van der Waals surface area contributed by atoms with Gasteiger partial charge in [-0.05, 0) is 34.1 Å². The van der Waals surface area contributed by atoms with Crippen LogP contribution in [0.15, 0.2) is 28.9 Å². The van der Waals surface area contributed by atoms with E-state index >= 15 is 0 Å². The average Bonchev–Trinajstić information content (AvgIpc) is 2.66. The predicted molar refractivity (Wildman–Crippen MR) is 68.6 cm³/mol. The molecule has 2 nitrogen and oxygen atoms in total. The number of aromatic nitrogens is 1. The van der Waals surface area contributed by atoms with Crippen molar-refractivity contribution >= 4 is 44.6 Å². The molecular weight excluding hydrogens is 315 g/mol. The number of thiazole rings is 1. The third-order valence-electron chi connectivity index (χ3n) is 1.88. The normalized spacial score (nSPS) is 10.4. The summed E-state index contributed by atoms with van der Waals surface area (Å²) in [5.41, 5.74) is 0.700. The number of halogens is 3. The molecule has 0 radical (unpaired) electrons. The highest BCUT2D eigenvalue weighted by Gasteiger charge is 2.03. The third kappa shape index (κ3) is 2.93. The Bertz CT molecular complexity index is 503. The summed E-state index contributed by atoms with van der Waals surface area (Å²) < 4.78 is 14.4. The van der Waals surface area contributed by atoms with Gasteiger partial charge in [0.2, 0.25) is 0 Å². The molecule has 2 aromatic rings. The van der Waals surface area contributed by atoms with E-state index in [0.29, 0.717) is 16.6 Å².